The van der Waals surface area contributed by atoms with Crippen LogP contribution >= 0.6 is 0 Å². The zero-order valence-corrected chi connectivity index (χ0v) is 32.1. The predicted octanol–water partition coefficient (Wildman–Crippen LogP) is 4.22. The highest BCUT2D eigenvalue weighted by atomic mass is 16.5. The molecule has 0 N–H and O–H groups in total. The summed E-state index contributed by atoms with van der Waals surface area (Å²) in [6.45, 7) is 6.65. The van der Waals surface area contributed by atoms with Gasteiger partial charge < -0.3 is 18.9 Å². The molecule has 0 aliphatic carbocycles. The van der Waals surface area contributed by atoms with Gasteiger partial charge >= 0.3 is 23.9 Å². The van der Waals surface area contributed by atoms with Crippen LogP contribution in [0.25, 0.3) is 64.6 Å². The van der Waals surface area contributed by atoms with Gasteiger partial charge in [0.25, 0.3) is 22.2 Å². The van der Waals surface area contributed by atoms with Crippen molar-refractivity contribution in [3.8, 4) is 0 Å². The Morgan fingerprint density at radius 1 is 0.431 bits per heavy atom. The van der Waals surface area contributed by atoms with Gasteiger partial charge in [0.2, 0.25) is 0 Å². The zero-order valence-electron chi connectivity index (χ0n) is 32.1. The molecule has 0 saturated carbocycles. The third kappa shape index (κ3) is 6.65. The van der Waals surface area contributed by atoms with Gasteiger partial charge in [-0.15, -0.1) is 0 Å². The molecule has 298 valence electrons. The van der Waals surface area contributed by atoms with E-state index in [0.717, 1.165) is 9.13 Å². The van der Waals surface area contributed by atoms with Crippen molar-refractivity contribution in [1.82, 2.24) is 9.13 Å². The van der Waals surface area contributed by atoms with Crippen molar-refractivity contribution < 1.29 is 38.1 Å². The standard InChI is InChI=1S/C43H38N2O13/c1-5-55-35(46)11-9-33(42(53)57-7-3)44-38(49)29-17-21-13-25-26-14-22-18-30-32(20-24(22)16-28(26)37(48)27(25)15-23(21)19-31(29)40(44)51)41(52)45(39(30)50)34(43(54)58-8-4)10-12-36(47)56-6-2/h13-20,33-34H,5-12H2,1-4H3. The molecule has 58 heavy (non-hydrogen) atoms. The van der Waals surface area contributed by atoms with Crippen molar-refractivity contribution in [3.05, 3.63) is 100 Å². The molecule has 5 aromatic carbocycles. The molecule has 2 unspecified atom stereocenters. The molecule has 0 aliphatic rings. The van der Waals surface area contributed by atoms with Gasteiger partial charge in [-0.3, -0.25) is 42.7 Å². The fourth-order valence-corrected chi connectivity index (χ4v) is 7.80. The number of hydrogen-bond donors (Lipinski definition) is 0. The van der Waals surface area contributed by atoms with E-state index in [1.807, 2.05) is 0 Å². The van der Waals surface area contributed by atoms with E-state index in [9.17, 15) is 43.2 Å². The van der Waals surface area contributed by atoms with E-state index in [1.54, 1.807) is 52.0 Å². The van der Waals surface area contributed by atoms with Crippen molar-refractivity contribution >= 4 is 88.5 Å². The Labute approximate surface area is 327 Å². The van der Waals surface area contributed by atoms with E-state index in [2.05, 4.69) is 0 Å². The molecule has 0 radical (unpaired) electrons. The smallest absolute Gasteiger partial charge is 0.329 e. The Balaban J connectivity index is 1.36. The number of nitrogens with zero attached hydrogens (tertiary/aromatic N) is 2. The van der Waals surface area contributed by atoms with Gasteiger partial charge in [-0.1, -0.05) is 0 Å². The van der Waals surface area contributed by atoms with Crippen LogP contribution in [0.15, 0.2) is 72.5 Å². The SMILES string of the molecule is CCOC(=O)CCC(C(=O)OCC)n1c(=O)c2cc3cc4c(=O)c5cc6cc7c(=O)n(C(CCC(=O)OCC)C(=O)OCC)c(=O)c7cc6cc5c4cc3cc2c1=O. The second-order valence-corrected chi connectivity index (χ2v) is 13.8. The van der Waals surface area contributed by atoms with Crippen LogP contribution in [0.4, 0.5) is 0 Å². The first kappa shape index (κ1) is 39.5. The fraction of sp³-hybridized carbons (Fsp3) is 0.326. The van der Waals surface area contributed by atoms with Crippen molar-refractivity contribution in [2.24, 2.45) is 0 Å². The van der Waals surface area contributed by atoms with Gasteiger partial charge in [0.15, 0.2) is 5.43 Å². The van der Waals surface area contributed by atoms with Crippen LogP contribution in [0, 0.1) is 0 Å². The molecule has 7 rings (SSSR count). The maximum Gasteiger partial charge on any atom is 0.329 e. The van der Waals surface area contributed by atoms with Crippen LogP contribution in [0.1, 0.15) is 65.5 Å². The van der Waals surface area contributed by atoms with E-state index < -0.39 is 58.2 Å². The first-order valence-electron chi connectivity index (χ1n) is 19.0. The Hall–Kier alpha value is -6.77. The molecule has 2 heterocycles. The third-order valence-electron chi connectivity index (χ3n) is 10.4. The van der Waals surface area contributed by atoms with Crippen molar-refractivity contribution in [1.29, 1.82) is 0 Å². The molecule has 0 amide bonds. The van der Waals surface area contributed by atoms with Crippen LogP contribution < -0.4 is 27.7 Å². The lowest BCUT2D eigenvalue weighted by atomic mass is 10.0. The summed E-state index contributed by atoms with van der Waals surface area (Å²) in [7, 11) is 0. The fourth-order valence-electron chi connectivity index (χ4n) is 7.80. The molecule has 2 aromatic heterocycles. The zero-order chi connectivity index (χ0) is 41.6. The Bertz CT molecular complexity index is 2910. The van der Waals surface area contributed by atoms with Gasteiger partial charge in [0, 0.05) is 23.6 Å². The average molecular weight is 791 g/mol. The van der Waals surface area contributed by atoms with Crippen molar-refractivity contribution in [2.75, 3.05) is 26.4 Å². The number of ether oxygens (including phenoxy) is 4. The second kappa shape index (κ2) is 15.6. The summed E-state index contributed by atoms with van der Waals surface area (Å²) in [6.07, 6.45) is -0.851. The maximum atomic E-state index is 13.9. The predicted molar refractivity (Wildman–Crippen MR) is 215 cm³/mol. The summed E-state index contributed by atoms with van der Waals surface area (Å²) in [5.74, 6) is -2.86. The van der Waals surface area contributed by atoms with E-state index in [4.69, 9.17) is 18.9 Å². The molecule has 7 aromatic rings. The van der Waals surface area contributed by atoms with E-state index in [0.29, 0.717) is 43.1 Å². The van der Waals surface area contributed by atoms with Crippen LogP contribution in [0.2, 0.25) is 0 Å². The van der Waals surface area contributed by atoms with Gasteiger partial charge in [-0.25, -0.2) is 9.59 Å². The normalized spacial score (nSPS) is 12.8. The molecule has 0 aliphatic heterocycles. The molecule has 15 heteroatoms. The van der Waals surface area contributed by atoms with E-state index in [-0.39, 0.29) is 79.1 Å². The van der Waals surface area contributed by atoms with Crippen molar-refractivity contribution in [3.63, 3.8) is 0 Å². The molecule has 2 atom stereocenters. The summed E-state index contributed by atoms with van der Waals surface area (Å²) in [4.78, 5) is 119. The van der Waals surface area contributed by atoms with Gasteiger partial charge in [-0.2, -0.15) is 0 Å². The van der Waals surface area contributed by atoms with Crippen LogP contribution in [0.5, 0.6) is 0 Å². The molecule has 0 fully saturated rings. The lowest BCUT2D eigenvalue weighted by Crippen LogP contribution is -2.36. The highest BCUT2D eigenvalue weighted by molar-refractivity contribution is 6.20. The lowest BCUT2D eigenvalue weighted by Gasteiger charge is -2.15. The topological polar surface area (TPSA) is 200 Å². The number of benzene rings is 4. The lowest BCUT2D eigenvalue weighted by molar-refractivity contribution is -0.150. The van der Waals surface area contributed by atoms with Gasteiger partial charge in [-0.05, 0) is 121 Å². The van der Waals surface area contributed by atoms with E-state index in [1.165, 1.54) is 24.3 Å². The third-order valence-corrected chi connectivity index (χ3v) is 10.4. The summed E-state index contributed by atoms with van der Waals surface area (Å²) >= 11 is 0. The molecule has 0 bridgehead atoms. The summed E-state index contributed by atoms with van der Waals surface area (Å²) < 4.78 is 21.9. The summed E-state index contributed by atoms with van der Waals surface area (Å²) in [5, 5.41) is 3.89. The number of carbonyl (C=O) groups excluding carboxylic acids is 4. The monoisotopic (exact) mass is 790 g/mol. The maximum absolute atomic E-state index is 13.9. The molecule has 15 nitrogen and oxygen atoms in total. The van der Waals surface area contributed by atoms with Crippen LogP contribution in [-0.4, -0.2) is 59.4 Å². The number of fused-ring (bicyclic) bond motifs is 7. The minimum atomic E-state index is -1.37. The van der Waals surface area contributed by atoms with Gasteiger partial charge in [0.1, 0.15) is 12.1 Å². The summed E-state index contributed by atoms with van der Waals surface area (Å²) in [6, 6.07) is 9.99. The average Bonchev–Trinajstić information content (AvgIpc) is 3.69. The highest BCUT2D eigenvalue weighted by Crippen LogP contribution is 2.34. The summed E-state index contributed by atoms with van der Waals surface area (Å²) in [5.41, 5.74) is -3.28. The first-order chi connectivity index (χ1) is 27.8. The number of carbonyl (C=O) groups is 4. The molecular formula is C43H38N2O13. The molecule has 0 saturated heterocycles. The second-order valence-electron chi connectivity index (χ2n) is 13.8. The van der Waals surface area contributed by atoms with Crippen LogP contribution in [0.3, 0.4) is 0 Å². The van der Waals surface area contributed by atoms with Gasteiger partial charge in [0.05, 0.1) is 48.0 Å². The number of hydrogen-bond acceptors (Lipinski definition) is 13. The van der Waals surface area contributed by atoms with Crippen molar-refractivity contribution in [2.45, 2.75) is 65.5 Å². The first-order valence-corrected chi connectivity index (χ1v) is 19.0. The Morgan fingerprint density at radius 2 is 0.707 bits per heavy atom. The Morgan fingerprint density at radius 3 is 1.00 bits per heavy atom. The molecule has 0 spiro atoms. The Kier molecular flexibility index (Phi) is 10.6. The minimum Gasteiger partial charge on any atom is -0.466 e. The number of esters is 4. The molecular weight excluding hydrogens is 752 g/mol. The number of rotatable bonds is 14. The quantitative estimate of drug-likeness (QED) is 0.112. The van der Waals surface area contributed by atoms with E-state index >= 15 is 0 Å². The highest BCUT2D eigenvalue weighted by Gasteiger charge is 2.31. The largest absolute Gasteiger partial charge is 0.466 e. The minimum absolute atomic E-state index is 0.0119. The van der Waals surface area contributed by atoms with Crippen LogP contribution in [-0.2, 0) is 38.1 Å². The number of aromatic nitrogens is 2.